The second-order valence-electron chi connectivity index (χ2n) is 8.25. The van der Waals surface area contributed by atoms with Crippen LogP contribution in [0, 0.1) is 5.92 Å². The van der Waals surface area contributed by atoms with Crippen LogP contribution in [0.4, 0.5) is 0 Å². The summed E-state index contributed by atoms with van der Waals surface area (Å²) >= 11 is 0. The molecule has 0 amide bonds. The molecule has 2 aromatic rings. The molecule has 0 aromatic heterocycles. The van der Waals surface area contributed by atoms with Gasteiger partial charge >= 0.3 is 5.97 Å². The van der Waals surface area contributed by atoms with Crippen molar-refractivity contribution in [3.8, 4) is 17.2 Å². The van der Waals surface area contributed by atoms with Gasteiger partial charge in [-0.05, 0) is 60.7 Å². The predicted octanol–water partition coefficient (Wildman–Crippen LogP) is 5.14. The zero-order valence-corrected chi connectivity index (χ0v) is 18.8. The third kappa shape index (κ3) is 8.08. The molecule has 1 N–H and O–H groups in total. The maximum atomic E-state index is 11.0. The summed E-state index contributed by atoms with van der Waals surface area (Å²) in [7, 11) is 1.40. The smallest absolute Gasteiger partial charge is 0.333 e. The molecular formula is C26H34O6. The Morgan fingerprint density at radius 1 is 0.875 bits per heavy atom. The molecule has 6 nitrogen and oxygen atoms in total. The number of carboxylic acids is 1. The van der Waals surface area contributed by atoms with E-state index in [1.54, 1.807) is 0 Å². The summed E-state index contributed by atoms with van der Waals surface area (Å²) in [5.74, 6) is 2.20. The van der Waals surface area contributed by atoms with Gasteiger partial charge in [-0.3, -0.25) is 0 Å². The Balaban J connectivity index is 1.30. The molecule has 0 radical (unpaired) electrons. The quantitative estimate of drug-likeness (QED) is 0.433. The van der Waals surface area contributed by atoms with Gasteiger partial charge in [0.15, 0.2) is 6.10 Å². The molecule has 174 valence electrons. The van der Waals surface area contributed by atoms with Crippen molar-refractivity contribution >= 4 is 5.97 Å². The first-order valence-corrected chi connectivity index (χ1v) is 11.5. The molecule has 0 aliphatic heterocycles. The fourth-order valence-electron chi connectivity index (χ4n) is 3.85. The number of carboxylic acid groups (broad SMARTS) is 1. The normalized spacial score (nSPS) is 15.2. The number of hydrogen-bond acceptors (Lipinski definition) is 5. The van der Waals surface area contributed by atoms with Gasteiger partial charge in [-0.25, -0.2) is 4.79 Å². The molecule has 1 unspecified atom stereocenters. The van der Waals surface area contributed by atoms with Gasteiger partial charge in [0, 0.05) is 20.0 Å². The number of benzene rings is 2. The number of rotatable bonds is 13. The summed E-state index contributed by atoms with van der Waals surface area (Å²) in [5.41, 5.74) is 0.890. The Bertz CT molecular complexity index is 796. The lowest BCUT2D eigenvalue weighted by molar-refractivity contribution is -0.148. The molecule has 1 aliphatic rings. The third-order valence-electron chi connectivity index (χ3n) is 5.76. The Morgan fingerprint density at radius 2 is 1.41 bits per heavy atom. The largest absolute Gasteiger partial charge is 0.493 e. The highest BCUT2D eigenvalue weighted by atomic mass is 16.5. The van der Waals surface area contributed by atoms with Crippen LogP contribution < -0.4 is 14.2 Å². The van der Waals surface area contributed by atoms with Gasteiger partial charge in [-0.2, -0.15) is 0 Å². The number of methoxy groups -OCH3 is 1. The van der Waals surface area contributed by atoms with E-state index in [2.05, 4.69) is 0 Å². The highest BCUT2D eigenvalue weighted by Gasteiger charge is 2.16. The first-order chi connectivity index (χ1) is 15.6. The second kappa shape index (κ2) is 13.0. The third-order valence-corrected chi connectivity index (χ3v) is 5.76. The lowest BCUT2D eigenvalue weighted by atomic mass is 9.90. The van der Waals surface area contributed by atoms with Crippen molar-refractivity contribution in [2.24, 2.45) is 5.92 Å². The monoisotopic (exact) mass is 442 g/mol. The summed E-state index contributed by atoms with van der Waals surface area (Å²) in [6, 6.07) is 15.2. The minimum Gasteiger partial charge on any atom is -0.493 e. The summed E-state index contributed by atoms with van der Waals surface area (Å²) < 4.78 is 22.4. The van der Waals surface area contributed by atoms with Gasteiger partial charge in [0.1, 0.15) is 17.2 Å². The van der Waals surface area contributed by atoms with Gasteiger partial charge in [0.2, 0.25) is 0 Å². The minimum atomic E-state index is -0.963. The van der Waals surface area contributed by atoms with Crippen molar-refractivity contribution < 1.29 is 28.8 Å². The van der Waals surface area contributed by atoms with E-state index < -0.39 is 12.1 Å². The van der Waals surface area contributed by atoms with Crippen molar-refractivity contribution in [3.63, 3.8) is 0 Å². The molecular weight excluding hydrogens is 408 g/mol. The molecule has 0 spiro atoms. The van der Waals surface area contributed by atoms with Crippen molar-refractivity contribution in [2.45, 2.75) is 51.0 Å². The summed E-state index contributed by atoms with van der Waals surface area (Å²) in [5, 5.41) is 9.06. The maximum absolute atomic E-state index is 11.0. The second-order valence-corrected chi connectivity index (χ2v) is 8.25. The number of hydrogen-bond donors (Lipinski definition) is 1. The van der Waals surface area contributed by atoms with Crippen LogP contribution in [0.5, 0.6) is 17.2 Å². The Labute approximate surface area is 190 Å². The van der Waals surface area contributed by atoms with Crippen molar-refractivity contribution in [2.75, 3.05) is 26.9 Å². The maximum Gasteiger partial charge on any atom is 0.333 e. The average Bonchev–Trinajstić information content (AvgIpc) is 2.83. The van der Waals surface area contributed by atoms with Gasteiger partial charge in [0.25, 0.3) is 0 Å². The topological polar surface area (TPSA) is 74.2 Å². The fourth-order valence-corrected chi connectivity index (χ4v) is 3.85. The van der Waals surface area contributed by atoms with Crippen LogP contribution >= 0.6 is 0 Å². The van der Waals surface area contributed by atoms with Crippen LogP contribution in [0.3, 0.4) is 0 Å². The Morgan fingerprint density at radius 3 is 1.94 bits per heavy atom. The SMILES string of the molecule is COC(Cc1ccc(OCCCOc2ccc(OCC3CCCCC3)cc2)cc1)C(=O)O. The number of aliphatic carboxylic acids is 1. The van der Waals surface area contributed by atoms with Crippen LogP contribution in [0.2, 0.25) is 0 Å². The molecule has 1 fully saturated rings. The van der Waals surface area contributed by atoms with Crippen LogP contribution in [0.25, 0.3) is 0 Å². The van der Waals surface area contributed by atoms with Gasteiger partial charge in [-0.1, -0.05) is 31.4 Å². The van der Waals surface area contributed by atoms with E-state index in [1.807, 2.05) is 48.5 Å². The van der Waals surface area contributed by atoms with Crippen molar-refractivity contribution in [1.82, 2.24) is 0 Å². The zero-order chi connectivity index (χ0) is 22.6. The lowest BCUT2D eigenvalue weighted by Crippen LogP contribution is -2.24. The Hall–Kier alpha value is -2.73. The van der Waals surface area contributed by atoms with Crippen molar-refractivity contribution in [1.29, 1.82) is 0 Å². The van der Waals surface area contributed by atoms with E-state index >= 15 is 0 Å². The fraction of sp³-hybridized carbons (Fsp3) is 0.500. The van der Waals surface area contributed by atoms with E-state index in [0.717, 1.165) is 35.8 Å². The highest BCUT2D eigenvalue weighted by Crippen LogP contribution is 2.25. The molecule has 2 aromatic carbocycles. The molecule has 0 heterocycles. The van der Waals surface area contributed by atoms with E-state index in [1.165, 1.54) is 39.2 Å². The first kappa shape index (κ1) is 23.9. The lowest BCUT2D eigenvalue weighted by Gasteiger charge is -2.21. The highest BCUT2D eigenvalue weighted by molar-refractivity contribution is 5.72. The van der Waals surface area contributed by atoms with E-state index in [4.69, 9.17) is 24.1 Å². The number of carbonyl (C=O) groups is 1. The van der Waals surface area contributed by atoms with Gasteiger partial charge in [-0.15, -0.1) is 0 Å². The molecule has 0 bridgehead atoms. The van der Waals surface area contributed by atoms with Crippen LogP contribution in [-0.4, -0.2) is 44.1 Å². The molecule has 6 heteroatoms. The van der Waals surface area contributed by atoms with Crippen LogP contribution in [0.15, 0.2) is 48.5 Å². The summed E-state index contributed by atoms with van der Waals surface area (Å²) in [4.78, 5) is 11.0. The molecule has 1 aliphatic carbocycles. The molecule has 0 saturated heterocycles. The standard InChI is InChI=1S/C26H34O6/c1-29-25(26(27)28)18-20-8-10-22(11-9-20)30-16-5-17-31-23-12-14-24(15-13-23)32-19-21-6-3-2-4-7-21/h8-15,21,25H,2-7,16-19H2,1H3,(H,27,28). The summed E-state index contributed by atoms with van der Waals surface area (Å²) in [6.07, 6.45) is 6.84. The van der Waals surface area contributed by atoms with Crippen LogP contribution in [0.1, 0.15) is 44.1 Å². The molecule has 1 atom stereocenters. The first-order valence-electron chi connectivity index (χ1n) is 11.5. The zero-order valence-electron chi connectivity index (χ0n) is 18.8. The molecule has 3 rings (SSSR count). The van der Waals surface area contributed by atoms with E-state index in [-0.39, 0.29) is 0 Å². The number of ether oxygens (including phenoxy) is 4. The Kier molecular flexibility index (Phi) is 9.69. The van der Waals surface area contributed by atoms with Gasteiger partial charge < -0.3 is 24.1 Å². The van der Waals surface area contributed by atoms with Crippen LogP contribution in [-0.2, 0) is 16.0 Å². The predicted molar refractivity (Wildman–Crippen MR) is 123 cm³/mol. The van der Waals surface area contributed by atoms with E-state index in [9.17, 15) is 4.79 Å². The molecule has 32 heavy (non-hydrogen) atoms. The minimum absolute atomic E-state index is 0.324. The van der Waals surface area contributed by atoms with Crippen molar-refractivity contribution in [3.05, 3.63) is 54.1 Å². The summed E-state index contributed by atoms with van der Waals surface area (Å²) in [6.45, 7) is 1.91. The average molecular weight is 443 g/mol. The molecule has 1 saturated carbocycles. The van der Waals surface area contributed by atoms with E-state index in [0.29, 0.717) is 25.6 Å². The van der Waals surface area contributed by atoms with Gasteiger partial charge in [0.05, 0.1) is 19.8 Å².